The molecule has 1 saturated carbocycles. The van der Waals surface area contributed by atoms with Gasteiger partial charge >= 0.3 is 0 Å². The van der Waals surface area contributed by atoms with Gasteiger partial charge in [0.15, 0.2) is 5.82 Å². The Morgan fingerprint density at radius 2 is 2.12 bits per heavy atom. The van der Waals surface area contributed by atoms with E-state index in [4.69, 9.17) is 0 Å². The number of rotatable bonds is 1. The lowest BCUT2D eigenvalue weighted by atomic mass is 9.79. The lowest BCUT2D eigenvalue weighted by Crippen LogP contribution is -2.62. The van der Waals surface area contributed by atoms with Gasteiger partial charge in [-0.15, -0.1) is 5.10 Å². The standard InChI is InChI=1S/C13H20N4/c1-2-6-13(7-3-1)11-14-9-10-17(13)12-5-4-8-15-16-12/h4-5,8,14H,1-3,6-7,9-11H2. The lowest BCUT2D eigenvalue weighted by Gasteiger charge is -2.50. The Morgan fingerprint density at radius 1 is 1.24 bits per heavy atom. The van der Waals surface area contributed by atoms with Crippen LogP contribution < -0.4 is 10.2 Å². The van der Waals surface area contributed by atoms with Crippen LogP contribution in [0.3, 0.4) is 0 Å². The molecule has 1 spiro atoms. The Hall–Kier alpha value is -1.16. The van der Waals surface area contributed by atoms with Crippen LogP contribution in [0.2, 0.25) is 0 Å². The molecule has 1 saturated heterocycles. The summed E-state index contributed by atoms with van der Waals surface area (Å²) in [6, 6.07) is 4.08. The van der Waals surface area contributed by atoms with Crippen molar-refractivity contribution in [3.8, 4) is 0 Å². The molecule has 0 atom stereocenters. The monoisotopic (exact) mass is 232 g/mol. The van der Waals surface area contributed by atoms with E-state index in [1.165, 1.54) is 32.1 Å². The van der Waals surface area contributed by atoms with Gasteiger partial charge in [-0.2, -0.15) is 5.10 Å². The fourth-order valence-corrected chi connectivity index (χ4v) is 3.30. The SMILES string of the molecule is c1cnnc(N2CCNCC23CCCCC3)c1. The zero-order chi connectivity index (χ0) is 11.6. The second-order valence-electron chi connectivity index (χ2n) is 5.20. The molecule has 2 aliphatic rings. The van der Waals surface area contributed by atoms with E-state index in [1.54, 1.807) is 6.20 Å². The molecule has 17 heavy (non-hydrogen) atoms. The number of nitrogens with one attached hydrogen (secondary N) is 1. The average molecular weight is 232 g/mol. The molecule has 1 N–H and O–H groups in total. The second kappa shape index (κ2) is 4.61. The molecule has 0 bridgehead atoms. The van der Waals surface area contributed by atoms with E-state index in [-0.39, 0.29) is 0 Å². The van der Waals surface area contributed by atoms with E-state index in [0.29, 0.717) is 5.54 Å². The van der Waals surface area contributed by atoms with E-state index >= 15 is 0 Å². The highest BCUT2D eigenvalue weighted by Gasteiger charge is 2.40. The summed E-state index contributed by atoms with van der Waals surface area (Å²) in [5, 5.41) is 11.9. The van der Waals surface area contributed by atoms with Gasteiger partial charge in [-0.05, 0) is 25.0 Å². The van der Waals surface area contributed by atoms with Crippen LogP contribution in [0.25, 0.3) is 0 Å². The minimum Gasteiger partial charge on any atom is -0.347 e. The second-order valence-corrected chi connectivity index (χ2v) is 5.20. The molecule has 1 aliphatic carbocycles. The Morgan fingerprint density at radius 3 is 2.88 bits per heavy atom. The Labute approximate surface area is 102 Å². The van der Waals surface area contributed by atoms with Crippen LogP contribution in [0.1, 0.15) is 32.1 Å². The third-order valence-electron chi connectivity index (χ3n) is 4.16. The van der Waals surface area contributed by atoms with E-state index in [0.717, 1.165) is 25.5 Å². The summed E-state index contributed by atoms with van der Waals surface area (Å²) in [6.45, 7) is 3.21. The molecule has 0 amide bonds. The van der Waals surface area contributed by atoms with Gasteiger partial charge in [-0.3, -0.25) is 0 Å². The molecule has 1 aromatic heterocycles. The van der Waals surface area contributed by atoms with Gasteiger partial charge in [0.2, 0.25) is 0 Å². The maximum absolute atomic E-state index is 4.30. The smallest absolute Gasteiger partial charge is 0.151 e. The molecule has 3 rings (SSSR count). The highest BCUT2D eigenvalue weighted by Crippen LogP contribution is 2.36. The van der Waals surface area contributed by atoms with Crippen LogP contribution in [-0.2, 0) is 0 Å². The van der Waals surface area contributed by atoms with E-state index in [2.05, 4.69) is 26.5 Å². The van der Waals surface area contributed by atoms with Crippen LogP contribution in [0.15, 0.2) is 18.3 Å². The van der Waals surface area contributed by atoms with Crippen LogP contribution >= 0.6 is 0 Å². The number of anilines is 1. The van der Waals surface area contributed by atoms with Gasteiger partial charge in [0.05, 0.1) is 5.54 Å². The molecule has 4 nitrogen and oxygen atoms in total. The number of nitrogens with zero attached hydrogens (tertiary/aromatic N) is 3. The maximum atomic E-state index is 4.30. The first kappa shape index (κ1) is 11.0. The summed E-state index contributed by atoms with van der Waals surface area (Å²) in [7, 11) is 0. The fraction of sp³-hybridized carbons (Fsp3) is 0.692. The van der Waals surface area contributed by atoms with Gasteiger partial charge < -0.3 is 10.2 Å². The zero-order valence-electron chi connectivity index (χ0n) is 10.2. The van der Waals surface area contributed by atoms with Gasteiger partial charge in [-0.1, -0.05) is 19.3 Å². The first-order valence-corrected chi connectivity index (χ1v) is 6.67. The van der Waals surface area contributed by atoms with Crippen molar-refractivity contribution in [2.75, 3.05) is 24.5 Å². The zero-order valence-corrected chi connectivity index (χ0v) is 10.2. The third-order valence-corrected chi connectivity index (χ3v) is 4.16. The largest absolute Gasteiger partial charge is 0.347 e. The third kappa shape index (κ3) is 2.02. The Kier molecular flexibility index (Phi) is 2.97. The summed E-state index contributed by atoms with van der Waals surface area (Å²) < 4.78 is 0. The van der Waals surface area contributed by atoms with Crippen molar-refractivity contribution in [1.82, 2.24) is 15.5 Å². The number of hydrogen-bond donors (Lipinski definition) is 1. The van der Waals surface area contributed by atoms with Crippen molar-refractivity contribution in [2.24, 2.45) is 0 Å². The summed E-state index contributed by atoms with van der Waals surface area (Å²) in [5.41, 5.74) is 0.298. The number of hydrogen-bond acceptors (Lipinski definition) is 4. The molecule has 0 aromatic carbocycles. The summed E-state index contributed by atoms with van der Waals surface area (Å²) >= 11 is 0. The summed E-state index contributed by atoms with van der Waals surface area (Å²) in [6.07, 6.45) is 8.40. The van der Waals surface area contributed by atoms with E-state index < -0.39 is 0 Å². The van der Waals surface area contributed by atoms with Crippen molar-refractivity contribution >= 4 is 5.82 Å². The van der Waals surface area contributed by atoms with Crippen LogP contribution in [-0.4, -0.2) is 35.4 Å². The quantitative estimate of drug-likeness (QED) is 0.798. The minimum atomic E-state index is 0.298. The van der Waals surface area contributed by atoms with Crippen LogP contribution in [0, 0.1) is 0 Å². The molecule has 1 aromatic rings. The maximum Gasteiger partial charge on any atom is 0.151 e. The van der Waals surface area contributed by atoms with Crippen molar-refractivity contribution in [1.29, 1.82) is 0 Å². The van der Waals surface area contributed by atoms with Crippen molar-refractivity contribution < 1.29 is 0 Å². The van der Waals surface area contributed by atoms with Gasteiger partial charge in [0, 0.05) is 25.8 Å². The van der Waals surface area contributed by atoms with Crippen LogP contribution in [0.5, 0.6) is 0 Å². The Bertz CT molecular complexity index is 351. The highest BCUT2D eigenvalue weighted by molar-refractivity contribution is 5.42. The number of piperazine rings is 1. The average Bonchev–Trinajstić information content (AvgIpc) is 2.41. The van der Waals surface area contributed by atoms with E-state index in [9.17, 15) is 0 Å². The number of aromatic nitrogens is 2. The fourth-order valence-electron chi connectivity index (χ4n) is 3.30. The normalized spacial score (nSPS) is 23.9. The molecule has 4 heteroatoms. The van der Waals surface area contributed by atoms with Gasteiger partial charge in [0.1, 0.15) is 0 Å². The predicted molar refractivity (Wildman–Crippen MR) is 68.1 cm³/mol. The molecule has 0 unspecified atom stereocenters. The van der Waals surface area contributed by atoms with Crippen molar-refractivity contribution in [3.05, 3.63) is 18.3 Å². The topological polar surface area (TPSA) is 41.1 Å². The first-order valence-electron chi connectivity index (χ1n) is 6.67. The van der Waals surface area contributed by atoms with Crippen LogP contribution in [0.4, 0.5) is 5.82 Å². The minimum absolute atomic E-state index is 0.298. The van der Waals surface area contributed by atoms with Crippen molar-refractivity contribution in [2.45, 2.75) is 37.6 Å². The molecule has 2 fully saturated rings. The molecular weight excluding hydrogens is 212 g/mol. The first-order chi connectivity index (χ1) is 8.41. The van der Waals surface area contributed by atoms with Gasteiger partial charge in [-0.25, -0.2) is 0 Å². The lowest BCUT2D eigenvalue weighted by molar-refractivity contribution is 0.239. The predicted octanol–water partition coefficient (Wildman–Crippen LogP) is 1.59. The highest BCUT2D eigenvalue weighted by atomic mass is 15.3. The molecular formula is C13H20N4. The molecule has 0 radical (unpaired) electrons. The molecule has 2 heterocycles. The Balaban J connectivity index is 1.89. The van der Waals surface area contributed by atoms with E-state index in [1.807, 2.05) is 6.07 Å². The summed E-state index contributed by atoms with van der Waals surface area (Å²) in [5.74, 6) is 1.05. The van der Waals surface area contributed by atoms with Gasteiger partial charge in [0.25, 0.3) is 0 Å². The molecule has 1 aliphatic heterocycles. The molecule has 92 valence electrons. The van der Waals surface area contributed by atoms with Crippen molar-refractivity contribution in [3.63, 3.8) is 0 Å². The summed E-state index contributed by atoms with van der Waals surface area (Å²) in [4.78, 5) is 2.50.